The van der Waals surface area contributed by atoms with Gasteiger partial charge in [0.2, 0.25) is 0 Å². The first kappa shape index (κ1) is 37.2. The first-order valence-corrected chi connectivity index (χ1v) is 42.2. The first-order chi connectivity index (χ1) is 42.2. The topological polar surface area (TPSA) is 0 Å². The Bertz CT molecular complexity index is 4480. The summed E-state index contributed by atoms with van der Waals surface area (Å²) in [5.41, 5.74) is 23.0. The second-order valence-electron chi connectivity index (χ2n) is 48.6. The molecule has 7 bridgehead atoms. The zero-order valence-electron chi connectivity index (χ0n) is 50.4. The summed E-state index contributed by atoms with van der Waals surface area (Å²) in [6, 6.07) is 0. The van der Waals surface area contributed by atoms with Crippen LogP contribution in [0.25, 0.3) is 0 Å². The molecule has 61 unspecified atom stereocenters. The predicted molar refractivity (Wildman–Crippen MR) is 299 cm³/mol. The average molecular weight is 1110 g/mol. The fourth-order valence-corrected chi connectivity index (χ4v) is 69.3. The normalized spacial score (nSPS) is 107. The van der Waals surface area contributed by atoms with Crippen LogP contribution in [0.3, 0.4) is 0 Å². The van der Waals surface area contributed by atoms with Gasteiger partial charge in [-0.2, -0.15) is 0 Å². The molecule has 0 amide bonds. The van der Waals surface area contributed by atoms with Gasteiger partial charge in [-0.3, -0.25) is 0 Å². The number of fused-ring (bicyclic) bond motifs is 17. The maximum atomic E-state index is 2.03. The van der Waals surface area contributed by atoms with E-state index in [-0.39, 0.29) is 0 Å². The summed E-state index contributed by atoms with van der Waals surface area (Å²) in [5, 5.41) is 0. The van der Waals surface area contributed by atoms with Gasteiger partial charge in [0.1, 0.15) is 0 Å². The lowest BCUT2D eigenvalue weighted by molar-refractivity contribution is -1.15. The molecule has 0 aliphatic heterocycles. The van der Waals surface area contributed by atoms with Crippen molar-refractivity contribution in [2.45, 2.75) is 154 Å². The Morgan fingerprint density at radius 2 is 1.01 bits per heavy atom. The Labute approximate surface area is 500 Å². The van der Waals surface area contributed by atoms with Crippen LogP contribution in [0.2, 0.25) is 0 Å². The summed E-state index contributed by atoms with van der Waals surface area (Å²) in [6.07, 6.45) is 43.1. The lowest BCUT2D eigenvalue weighted by Gasteiger charge is -3.59. The highest BCUT2D eigenvalue weighted by atomic mass is 15.6. The summed E-state index contributed by atoms with van der Waals surface area (Å²) < 4.78 is 0. The zero-order valence-corrected chi connectivity index (χ0v) is 50.4. The minimum atomic E-state index is 0.791. The van der Waals surface area contributed by atoms with Crippen LogP contribution >= 0.6 is 0 Å². The molecule has 61 atom stereocenters. The molecule has 23 spiro atoms. The summed E-state index contributed by atoms with van der Waals surface area (Å²) >= 11 is 0. The third kappa shape index (κ3) is 1.41. The van der Waals surface area contributed by atoms with Crippen molar-refractivity contribution in [2.24, 2.45) is 349 Å². The van der Waals surface area contributed by atoms with E-state index in [2.05, 4.69) is 0 Å². The molecular weight excluding hydrogens is 1020 g/mol. The molecule has 0 nitrogen and oxygen atoms in total. The van der Waals surface area contributed by atoms with Crippen LogP contribution in [0, 0.1) is 349 Å². The first-order valence-electron chi connectivity index (χ1n) is 42.2. The SMILES string of the molecule is C1CCCC2CCCC3C4C5C6C7C8C9C%10C%11CC%12C%13C%14CC%15C%16C%17C%18C%19C%20CC%21CC6(C56CCC5CCCC%20C%20CCCC5%22CCC46C34C2C2C3C5C6C%23C(CCC1)C%20C%23C6C5%22C3C24)C71C2C%213C%19C%184C%175C%166C%14%15C%137C%13C%12%11C%10%11C9%10C81C21C34C52C76C%13%11C%1012. The van der Waals surface area contributed by atoms with Crippen LogP contribution in [-0.2, 0) is 0 Å². The van der Waals surface area contributed by atoms with Crippen molar-refractivity contribution in [3.05, 3.63) is 0 Å². The highest BCUT2D eigenvalue weighted by Gasteiger charge is 3.62. The molecule has 43 saturated carbocycles. The molecule has 0 radical (unpaired) electrons. The van der Waals surface area contributed by atoms with Crippen LogP contribution in [-0.4, -0.2) is 0 Å². The van der Waals surface area contributed by atoms with Gasteiger partial charge in [-0.05, 0) is 439 Å². The minimum absolute atomic E-state index is 0.791. The van der Waals surface area contributed by atoms with Crippen LogP contribution in [0.1, 0.15) is 154 Å². The maximum Gasteiger partial charge on any atom is -0.000492 e. The van der Waals surface area contributed by atoms with Gasteiger partial charge in [-0.15, -0.1) is 0 Å². The molecular formula is C85H86. The van der Waals surface area contributed by atoms with Crippen molar-refractivity contribution in [2.75, 3.05) is 0 Å². The zero-order chi connectivity index (χ0) is 50.4. The molecule has 43 aliphatic rings. The average Bonchev–Trinajstić information content (AvgIpc) is 1.34. The van der Waals surface area contributed by atoms with Crippen molar-refractivity contribution >= 4 is 0 Å². The molecule has 85 heavy (non-hydrogen) atoms. The molecule has 0 saturated heterocycles. The fraction of sp³-hybridized carbons (Fsp3) is 1.00. The van der Waals surface area contributed by atoms with Gasteiger partial charge < -0.3 is 0 Å². The van der Waals surface area contributed by atoms with E-state index in [9.17, 15) is 0 Å². The van der Waals surface area contributed by atoms with Gasteiger partial charge in [0, 0.05) is 0 Å². The molecule has 43 fully saturated rings. The van der Waals surface area contributed by atoms with Crippen molar-refractivity contribution in [1.82, 2.24) is 0 Å². The molecule has 43 rings (SSSR count). The van der Waals surface area contributed by atoms with Crippen LogP contribution in [0.15, 0.2) is 0 Å². The molecule has 0 heterocycles. The van der Waals surface area contributed by atoms with E-state index in [1.165, 1.54) is 225 Å². The summed E-state index contributed by atoms with van der Waals surface area (Å²) in [5.74, 6) is 49.4. The second kappa shape index (κ2) is 7.60. The molecule has 0 heteroatoms. The smallest absolute Gasteiger partial charge is 0.000492 e. The number of rotatable bonds is 0. The lowest BCUT2D eigenvalue weighted by atomic mass is 8.43. The minimum Gasteiger partial charge on any atom is -0.0533 e. The van der Waals surface area contributed by atoms with Gasteiger partial charge in [0.05, 0.1) is 0 Å². The standard InChI is InChI=1S/C85H86/c1-2-4-9-25-10-6-15-32-46-54-55-56-59-58-47-34-22-33-45-35-23-36-48-57-53-39-31-21-27-24-66(55,73(56)61-67(27)60(39)72(53)78(57)77(48)71(35,36)74(45)62-68(33,34)75(47)79(58)76(59,73)81(61)82(67,72)85(78)83(74,77)80(62,75)84(79,81)85)64(54)18-16-26-11-7-13-28(31)29-14-8-17-63(26)19-20-65(46,64)69(32)44(25)42-43-50-41-38-30(12-5-3-1)37(29)40(38)49(41)70(50,63)52(43)51(42)69/h25-62H,1-24H2. The summed E-state index contributed by atoms with van der Waals surface area (Å²) in [4.78, 5) is 0. The number of hydrogen-bond acceptors (Lipinski definition) is 0. The van der Waals surface area contributed by atoms with Gasteiger partial charge in [0.15, 0.2) is 0 Å². The molecule has 43 aliphatic carbocycles. The summed E-state index contributed by atoms with van der Waals surface area (Å²) in [7, 11) is 0. The monoisotopic (exact) mass is 1110 g/mol. The van der Waals surface area contributed by atoms with E-state index >= 15 is 0 Å². The van der Waals surface area contributed by atoms with Crippen molar-refractivity contribution in [1.29, 1.82) is 0 Å². The van der Waals surface area contributed by atoms with E-state index in [1.54, 1.807) is 96.3 Å². The van der Waals surface area contributed by atoms with Gasteiger partial charge in [-0.25, -0.2) is 0 Å². The van der Waals surface area contributed by atoms with Crippen molar-refractivity contribution in [3.8, 4) is 0 Å². The van der Waals surface area contributed by atoms with Crippen LogP contribution in [0.4, 0.5) is 0 Å². The van der Waals surface area contributed by atoms with Crippen LogP contribution < -0.4 is 0 Å². The number of hydrogen-bond donors (Lipinski definition) is 0. The third-order valence-electron chi connectivity index (χ3n) is 59.0. The van der Waals surface area contributed by atoms with E-state index in [0.29, 0.717) is 0 Å². The molecule has 426 valence electrons. The van der Waals surface area contributed by atoms with Crippen molar-refractivity contribution < 1.29 is 0 Å². The van der Waals surface area contributed by atoms with E-state index in [1.807, 2.05) is 57.8 Å². The van der Waals surface area contributed by atoms with E-state index in [4.69, 9.17) is 0 Å². The Hall–Kier alpha value is 0. The van der Waals surface area contributed by atoms with Gasteiger partial charge in [0.25, 0.3) is 0 Å². The Balaban J connectivity index is 0.650. The van der Waals surface area contributed by atoms with Crippen molar-refractivity contribution in [3.63, 3.8) is 0 Å². The third-order valence-corrected chi connectivity index (χ3v) is 59.0. The predicted octanol–water partition coefficient (Wildman–Crippen LogP) is 14.0. The Morgan fingerprint density at radius 3 is 2.00 bits per heavy atom. The molecule has 0 N–H and O–H groups in total. The molecule has 0 aromatic heterocycles. The van der Waals surface area contributed by atoms with Gasteiger partial charge >= 0.3 is 0 Å². The Morgan fingerprint density at radius 1 is 0.259 bits per heavy atom. The van der Waals surface area contributed by atoms with Crippen LogP contribution in [0.5, 0.6) is 0 Å². The molecule has 0 aromatic rings. The maximum absolute atomic E-state index is 2.03. The lowest BCUT2D eigenvalue weighted by Crippen LogP contribution is -3.58. The second-order valence-corrected chi connectivity index (χ2v) is 48.6. The summed E-state index contributed by atoms with van der Waals surface area (Å²) in [6.45, 7) is 0. The highest BCUT2D eigenvalue weighted by Crippen LogP contribution is 3.63. The highest BCUT2D eigenvalue weighted by molar-refractivity contribution is 6.07. The van der Waals surface area contributed by atoms with Gasteiger partial charge in [-0.1, -0.05) is 64.2 Å². The quantitative estimate of drug-likeness (QED) is 0.227. The fourth-order valence-electron chi connectivity index (χ4n) is 69.3. The Kier molecular flexibility index (Phi) is 3.32. The van der Waals surface area contributed by atoms with E-state index in [0.717, 1.165) is 125 Å². The van der Waals surface area contributed by atoms with E-state index < -0.39 is 0 Å². The largest absolute Gasteiger partial charge is 0.0533 e. The molecule has 0 aromatic carbocycles.